The van der Waals surface area contributed by atoms with E-state index in [9.17, 15) is 4.79 Å². The third kappa shape index (κ3) is 5.28. The van der Waals surface area contributed by atoms with Gasteiger partial charge >= 0.3 is 0 Å². The highest BCUT2D eigenvalue weighted by atomic mass is 32.2. The number of carbonyl (C=O) groups excluding carboxylic acids is 1. The van der Waals surface area contributed by atoms with E-state index in [1.54, 1.807) is 0 Å². The van der Waals surface area contributed by atoms with Crippen LogP contribution in [0.3, 0.4) is 0 Å². The van der Waals surface area contributed by atoms with E-state index in [0.29, 0.717) is 24.3 Å². The second kappa shape index (κ2) is 9.45. The van der Waals surface area contributed by atoms with Crippen LogP contribution in [0.4, 0.5) is 0 Å². The van der Waals surface area contributed by atoms with Crippen LogP contribution in [0.15, 0.2) is 23.4 Å². The standard InChI is InChI=1S/C21H30N4O2S/c1-14-9-10-18(16(3)11-14)27-12-19-23-24-21(25(19)4)28-13-20(26)22-17-8-6-5-7-15(17)2/h9-11,15,17H,5-8,12-13H2,1-4H3,(H,22,26). The number of aromatic nitrogens is 3. The maximum atomic E-state index is 12.3. The number of hydrogen-bond donors (Lipinski definition) is 1. The van der Waals surface area contributed by atoms with E-state index < -0.39 is 0 Å². The van der Waals surface area contributed by atoms with E-state index in [0.717, 1.165) is 28.7 Å². The number of carbonyl (C=O) groups is 1. The molecule has 28 heavy (non-hydrogen) atoms. The Morgan fingerprint density at radius 3 is 2.82 bits per heavy atom. The molecular formula is C21H30N4O2S. The van der Waals surface area contributed by atoms with Gasteiger partial charge in [0.05, 0.1) is 5.75 Å². The van der Waals surface area contributed by atoms with E-state index in [-0.39, 0.29) is 5.91 Å². The van der Waals surface area contributed by atoms with Crippen molar-refractivity contribution >= 4 is 17.7 Å². The van der Waals surface area contributed by atoms with E-state index in [4.69, 9.17) is 4.74 Å². The Balaban J connectivity index is 1.50. The molecule has 2 unspecified atom stereocenters. The van der Waals surface area contributed by atoms with Gasteiger partial charge in [-0.25, -0.2) is 0 Å². The van der Waals surface area contributed by atoms with Crippen LogP contribution in [0, 0.1) is 19.8 Å². The minimum absolute atomic E-state index is 0.0693. The summed E-state index contributed by atoms with van der Waals surface area (Å²) in [5.41, 5.74) is 2.31. The van der Waals surface area contributed by atoms with Gasteiger partial charge in [-0.15, -0.1) is 10.2 Å². The Kier molecular flexibility index (Phi) is 6.99. The second-order valence-electron chi connectivity index (χ2n) is 7.74. The summed E-state index contributed by atoms with van der Waals surface area (Å²) in [5, 5.41) is 12.3. The lowest BCUT2D eigenvalue weighted by atomic mass is 9.86. The molecule has 1 aromatic heterocycles. The number of nitrogens with one attached hydrogen (secondary N) is 1. The zero-order valence-electron chi connectivity index (χ0n) is 17.2. The minimum Gasteiger partial charge on any atom is -0.485 e. The number of hydrogen-bond acceptors (Lipinski definition) is 5. The van der Waals surface area contributed by atoms with Gasteiger partial charge in [0, 0.05) is 13.1 Å². The number of nitrogens with zero attached hydrogens (tertiary/aromatic N) is 3. The molecule has 3 rings (SSSR count). The molecule has 1 saturated carbocycles. The van der Waals surface area contributed by atoms with Crippen LogP contribution in [-0.4, -0.2) is 32.5 Å². The molecular weight excluding hydrogens is 372 g/mol. The first-order valence-electron chi connectivity index (χ1n) is 9.94. The Hall–Kier alpha value is -2.02. The lowest BCUT2D eigenvalue weighted by Gasteiger charge is -2.29. The SMILES string of the molecule is Cc1ccc(OCc2nnc(SCC(=O)NC3CCCCC3C)n2C)c(C)c1. The molecule has 1 aromatic carbocycles. The number of rotatable bonds is 7. The molecule has 152 valence electrons. The fraction of sp³-hybridized carbons (Fsp3) is 0.571. The molecule has 0 saturated heterocycles. The van der Waals surface area contributed by atoms with Crippen LogP contribution in [0.25, 0.3) is 0 Å². The molecule has 0 aliphatic heterocycles. The Morgan fingerprint density at radius 2 is 2.07 bits per heavy atom. The van der Waals surface area contributed by atoms with Crippen molar-refractivity contribution in [1.82, 2.24) is 20.1 Å². The maximum absolute atomic E-state index is 12.3. The van der Waals surface area contributed by atoms with Gasteiger partial charge in [-0.2, -0.15) is 0 Å². The molecule has 7 heteroatoms. The first-order chi connectivity index (χ1) is 13.4. The number of aryl methyl sites for hydroxylation is 2. The van der Waals surface area contributed by atoms with Gasteiger partial charge in [-0.05, 0) is 44.2 Å². The van der Waals surface area contributed by atoms with Crippen LogP contribution in [-0.2, 0) is 18.4 Å². The smallest absolute Gasteiger partial charge is 0.230 e. The van der Waals surface area contributed by atoms with Gasteiger partial charge in [0.2, 0.25) is 5.91 Å². The average molecular weight is 403 g/mol. The summed E-state index contributed by atoms with van der Waals surface area (Å²) < 4.78 is 7.79. The van der Waals surface area contributed by atoms with Crippen molar-refractivity contribution in [2.75, 3.05) is 5.75 Å². The number of thioether (sulfide) groups is 1. The molecule has 1 amide bonds. The molecule has 0 spiro atoms. The predicted octanol–water partition coefficient (Wildman–Crippen LogP) is 3.80. The molecule has 2 aromatic rings. The van der Waals surface area contributed by atoms with Crippen LogP contribution in [0.2, 0.25) is 0 Å². The fourth-order valence-corrected chi connectivity index (χ4v) is 4.35. The molecule has 6 nitrogen and oxygen atoms in total. The third-order valence-corrected chi connectivity index (χ3v) is 6.42. The summed E-state index contributed by atoms with van der Waals surface area (Å²) in [4.78, 5) is 12.3. The lowest BCUT2D eigenvalue weighted by Crippen LogP contribution is -2.41. The summed E-state index contributed by atoms with van der Waals surface area (Å²) >= 11 is 1.41. The average Bonchev–Trinajstić information content (AvgIpc) is 3.01. The number of ether oxygens (including phenoxy) is 1. The van der Waals surface area contributed by atoms with Gasteiger partial charge in [-0.1, -0.05) is 49.2 Å². The number of amides is 1. The molecule has 0 radical (unpaired) electrons. The summed E-state index contributed by atoms with van der Waals surface area (Å²) in [6.07, 6.45) is 4.76. The van der Waals surface area contributed by atoms with E-state index in [1.165, 1.54) is 36.6 Å². The minimum atomic E-state index is 0.0693. The van der Waals surface area contributed by atoms with Crippen molar-refractivity contribution in [2.24, 2.45) is 13.0 Å². The van der Waals surface area contributed by atoms with Crippen molar-refractivity contribution < 1.29 is 9.53 Å². The topological polar surface area (TPSA) is 69.0 Å². The molecule has 1 aliphatic rings. The predicted molar refractivity (Wildman–Crippen MR) is 112 cm³/mol. The summed E-state index contributed by atoms with van der Waals surface area (Å²) in [5.74, 6) is 2.58. The highest BCUT2D eigenvalue weighted by Gasteiger charge is 2.23. The summed E-state index contributed by atoms with van der Waals surface area (Å²) in [7, 11) is 1.91. The molecule has 1 heterocycles. The van der Waals surface area contributed by atoms with Gasteiger partial charge in [0.25, 0.3) is 0 Å². The normalized spacial score (nSPS) is 19.4. The zero-order valence-corrected chi connectivity index (χ0v) is 18.0. The summed E-state index contributed by atoms with van der Waals surface area (Å²) in [6.45, 7) is 6.67. The Labute approximate surface area is 171 Å². The molecule has 0 bridgehead atoms. The van der Waals surface area contributed by atoms with Crippen molar-refractivity contribution in [3.8, 4) is 5.75 Å². The van der Waals surface area contributed by atoms with Crippen molar-refractivity contribution in [3.63, 3.8) is 0 Å². The first-order valence-corrected chi connectivity index (χ1v) is 10.9. The van der Waals surface area contributed by atoms with Crippen molar-refractivity contribution in [3.05, 3.63) is 35.2 Å². The lowest BCUT2D eigenvalue weighted by molar-refractivity contribution is -0.119. The molecule has 1 aliphatic carbocycles. The first kappa shape index (κ1) is 20.7. The summed E-state index contributed by atoms with van der Waals surface area (Å²) in [6, 6.07) is 6.42. The quantitative estimate of drug-likeness (QED) is 0.714. The zero-order chi connectivity index (χ0) is 20.1. The highest BCUT2D eigenvalue weighted by molar-refractivity contribution is 7.99. The van der Waals surface area contributed by atoms with Gasteiger partial charge in [0.15, 0.2) is 11.0 Å². The number of benzene rings is 1. The monoisotopic (exact) mass is 402 g/mol. The highest BCUT2D eigenvalue weighted by Crippen LogP contribution is 2.24. The molecule has 1 fully saturated rings. The Bertz CT molecular complexity index is 821. The van der Waals surface area contributed by atoms with Crippen LogP contribution in [0.1, 0.15) is 49.6 Å². The van der Waals surface area contributed by atoms with E-state index in [2.05, 4.69) is 35.4 Å². The van der Waals surface area contributed by atoms with Crippen LogP contribution >= 0.6 is 11.8 Å². The van der Waals surface area contributed by atoms with Crippen LogP contribution in [0.5, 0.6) is 5.75 Å². The fourth-order valence-electron chi connectivity index (χ4n) is 3.61. The van der Waals surface area contributed by atoms with Crippen LogP contribution < -0.4 is 10.1 Å². The largest absolute Gasteiger partial charge is 0.485 e. The Morgan fingerprint density at radius 1 is 1.29 bits per heavy atom. The third-order valence-electron chi connectivity index (χ3n) is 5.40. The van der Waals surface area contributed by atoms with Crippen molar-refractivity contribution in [2.45, 2.75) is 64.3 Å². The second-order valence-corrected chi connectivity index (χ2v) is 8.68. The van der Waals surface area contributed by atoms with Gasteiger partial charge in [0.1, 0.15) is 12.4 Å². The van der Waals surface area contributed by atoms with E-state index in [1.807, 2.05) is 30.7 Å². The molecule has 1 N–H and O–H groups in total. The van der Waals surface area contributed by atoms with Crippen molar-refractivity contribution in [1.29, 1.82) is 0 Å². The van der Waals surface area contributed by atoms with Gasteiger partial charge in [-0.3, -0.25) is 4.79 Å². The maximum Gasteiger partial charge on any atom is 0.230 e. The molecule has 2 atom stereocenters. The van der Waals surface area contributed by atoms with E-state index >= 15 is 0 Å². The van der Waals surface area contributed by atoms with Gasteiger partial charge < -0.3 is 14.6 Å².